The quantitative estimate of drug-likeness (QED) is 0.796. The molecule has 1 N–H and O–H groups in total. The first kappa shape index (κ1) is 16.0. The maximum atomic E-state index is 9.21. The fourth-order valence-corrected chi connectivity index (χ4v) is 3.61. The fraction of sp³-hybridized carbons (Fsp3) is 0.350. The van der Waals surface area contributed by atoms with Crippen molar-refractivity contribution in [3.63, 3.8) is 0 Å². The van der Waals surface area contributed by atoms with Gasteiger partial charge in [0, 0.05) is 50.0 Å². The van der Waals surface area contributed by atoms with Gasteiger partial charge in [0.2, 0.25) is 0 Å². The Bertz CT molecular complexity index is 865. The minimum Gasteiger partial charge on any atom is -0.395 e. The molecule has 5 heteroatoms. The minimum atomic E-state index is 0.130. The van der Waals surface area contributed by atoms with Crippen LogP contribution < -0.4 is 9.80 Å². The average Bonchev–Trinajstić information content (AvgIpc) is 3.05. The second-order valence-electron chi connectivity index (χ2n) is 6.58. The van der Waals surface area contributed by atoms with Crippen molar-refractivity contribution in [1.29, 1.82) is 0 Å². The molecule has 0 amide bonds. The van der Waals surface area contributed by atoms with Gasteiger partial charge in [0.25, 0.3) is 0 Å². The number of para-hydroxylation sites is 1. The Kier molecular flexibility index (Phi) is 4.32. The Labute approximate surface area is 148 Å². The highest BCUT2D eigenvalue weighted by atomic mass is 16.3. The van der Waals surface area contributed by atoms with Crippen LogP contribution in [-0.4, -0.2) is 47.4 Å². The van der Waals surface area contributed by atoms with E-state index in [9.17, 15) is 5.11 Å². The van der Waals surface area contributed by atoms with Crippen LogP contribution in [0.15, 0.2) is 48.7 Å². The number of pyridine rings is 1. The zero-order valence-corrected chi connectivity index (χ0v) is 14.6. The number of piperazine rings is 1. The molecule has 0 aliphatic carbocycles. The molecule has 2 aromatic heterocycles. The molecule has 0 bridgehead atoms. The van der Waals surface area contributed by atoms with Crippen molar-refractivity contribution in [3.05, 3.63) is 54.2 Å². The van der Waals surface area contributed by atoms with Gasteiger partial charge in [-0.25, -0.2) is 4.98 Å². The van der Waals surface area contributed by atoms with Gasteiger partial charge in [0.15, 0.2) is 0 Å². The first-order valence-electron chi connectivity index (χ1n) is 8.88. The normalized spacial score (nSPS) is 15.1. The van der Waals surface area contributed by atoms with Crippen molar-refractivity contribution < 1.29 is 5.11 Å². The summed E-state index contributed by atoms with van der Waals surface area (Å²) in [5.74, 6) is 1.02. The number of aromatic nitrogens is 2. The van der Waals surface area contributed by atoms with Gasteiger partial charge in [-0.3, -0.25) is 0 Å². The van der Waals surface area contributed by atoms with E-state index in [4.69, 9.17) is 4.98 Å². The van der Waals surface area contributed by atoms with Gasteiger partial charge in [0.1, 0.15) is 11.5 Å². The molecule has 1 aliphatic heterocycles. The Hall–Kier alpha value is -2.53. The summed E-state index contributed by atoms with van der Waals surface area (Å²) in [6.07, 6.45) is 1.99. The molecule has 3 aromatic rings. The standard InChI is InChI=1S/C20H24N4O/c1-16-4-2-3-5-18(16)22-10-12-23(13-11-22)19-7-6-17-8-9-24(14-15-25)20(17)21-19/h2-9,25H,10-15H2,1H3. The molecule has 25 heavy (non-hydrogen) atoms. The number of hydrogen-bond donors (Lipinski definition) is 1. The van der Waals surface area contributed by atoms with Crippen LogP contribution in [0.5, 0.6) is 0 Å². The molecule has 0 spiro atoms. The number of benzene rings is 1. The topological polar surface area (TPSA) is 44.5 Å². The maximum Gasteiger partial charge on any atom is 0.142 e. The first-order valence-corrected chi connectivity index (χ1v) is 8.88. The summed E-state index contributed by atoms with van der Waals surface area (Å²) in [6, 6.07) is 14.9. The van der Waals surface area contributed by atoms with E-state index in [1.54, 1.807) is 0 Å². The van der Waals surface area contributed by atoms with Gasteiger partial charge in [0.05, 0.1) is 6.61 Å². The summed E-state index contributed by atoms with van der Waals surface area (Å²) in [6.45, 7) is 6.82. The smallest absolute Gasteiger partial charge is 0.142 e. The fourth-order valence-electron chi connectivity index (χ4n) is 3.61. The number of fused-ring (bicyclic) bond motifs is 1. The van der Waals surface area contributed by atoms with Crippen LogP contribution >= 0.6 is 0 Å². The van der Waals surface area contributed by atoms with Crippen molar-refractivity contribution >= 4 is 22.5 Å². The molecule has 130 valence electrons. The van der Waals surface area contributed by atoms with Crippen molar-refractivity contribution in [2.24, 2.45) is 0 Å². The lowest BCUT2D eigenvalue weighted by Crippen LogP contribution is -2.47. The number of hydrogen-bond acceptors (Lipinski definition) is 4. The molecule has 4 rings (SSSR count). The summed E-state index contributed by atoms with van der Waals surface area (Å²) in [5, 5.41) is 10.3. The largest absolute Gasteiger partial charge is 0.395 e. The molecule has 5 nitrogen and oxygen atoms in total. The summed E-state index contributed by atoms with van der Waals surface area (Å²) in [4.78, 5) is 9.66. The Morgan fingerprint density at radius 1 is 0.960 bits per heavy atom. The summed E-state index contributed by atoms with van der Waals surface area (Å²) < 4.78 is 2.02. The highest BCUT2D eigenvalue weighted by molar-refractivity contribution is 5.78. The zero-order chi connectivity index (χ0) is 17.2. The number of anilines is 2. The predicted octanol–water partition coefficient (Wildman–Crippen LogP) is 2.66. The highest BCUT2D eigenvalue weighted by Gasteiger charge is 2.19. The van der Waals surface area contributed by atoms with Crippen LogP contribution in [0.2, 0.25) is 0 Å². The van der Waals surface area contributed by atoms with E-state index < -0.39 is 0 Å². The zero-order valence-electron chi connectivity index (χ0n) is 14.6. The molecular formula is C20H24N4O. The van der Waals surface area contributed by atoms with Crippen molar-refractivity contribution in [3.8, 4) is 0 Å². The van der Waals surface area contributed by atoms with Gasteiger partial charge < -0.3 is 19.5 Å². The third-order valence-corrected chi connectivity index (χ3v) is 5.00. The number of rotatable bonds is 4. The Morgan fingerprint density at radius 3 is 2.48 bits per heavy atom. The first-order chi connectivity index (χ1) is 12.3. The van der Waals surface area contributed by atoms with Gasteiger partial charge >= 0.3 is 0 Å². The van der Waals surface area contributed by atoms with Crippen LogP contribution in [0, 0.1) is 6.92 Å². The number of aliphatic hydroxyl groups is 1. The van der Waals surface area contributed by atoms with Crippen LogP contribution in [0.3, 0.4) is 0 Å². The molecule has 0 atom stereocenters. The molecule has 1 fully saturated rings. The van der Waals surface area contributed by atoms with E-state index in [2.05, 4.69) is 59.2 Å². The van der Waals surface area contributed by atoms with Crippen molar-refractivity contribution in [2.45, 2.75) is 13.5 Å². The number of aliphatic hydroxyl groups excluding tert-OH is 1. The highest BCUT2D eigenvalue weighted by Crippen LogP contribution is 2.24. The van der Waals surface area contributed by atoms with Gasteiger partial charge in [-0.05, 0) is 36.8 Å². The van der Waals surface area contributed by atoms with Crippen LogP contribution in [0.4, 0.5) is 11.5 Å². The Morgan fingerprint density at radius 2 is 1.72 bits per heavy atom. The second-order valence-corrected chi connectivity index (χ2v) is 6.58. The summed E-state index contributed by atoms with van der Waals surface area (Å²) in [5.41, 5.74) is 3.62. The Balaban J connectivity index is 1.51. The molecule has 0 saturated carbocycles. The van der Waals surface area contributed by atoms with Gasteiger partial charge in [-0.2, -0.15) is 0 Å². The molecule has 1 saturated heterocycles. The monoisotopic (exact) mass is 336 g/mol. The lowest BCUT2D eigenvalue weighted by atomic mass is 10.1. The molecule has 1 aliphatic rings. The van der Waals surface area contributed by atoms with E-state index in [-0.39, 0.29) is 6.61 Å². The van der Waals surface area contributed by atoms with Crippen molar-refractivity contribution in [1.82, 2.24) is 9.55 Å². The maximum absolute atomic E-state index is 9.21. The average molecular weight is 336 g/mol. The third kappa shape index (κ3) is 3.07. The summed E-state index contributed by atoms with van der Waals surface area (Å²) >= 11 is 0. The predicted molar refractivity (Wildman–Crippen MR) is 102 cm³/mol. The van der Waals surface area contributed by atoms with Crippen molar-refractivity contribution in [2.75, 3.05) is 42.6 Å². The van der Waals surface area contributed by atoms with E-state index in [0.717, 1.165) is 43.0 Å². The molecule has 1 aromatic carbocycles. The number of nitrogens with zero attached hydrogens (tertiary/aromatic N) is 4. The van der Waals surface area contributed by atoms with Crippen LogP contribution in [-0.2, 0) is 6.54 Å². The molecule has 0 unspecified atom stereocenters. The summed E-state index contributed by atoms with van der Waals surface area (Å²) in [7, 11) is 0. The minimum absolute atomic E-state index is 0.130. The SMILES string of the molecule is Cc1ccccc1N1CCN(c2ccc3ccn(CCO)c3n2)CC1. The molecule has 0 radical (unpaired) electrons. The van der Waals surface area contributed by atoms with Crippen LogP contribution in [0.25, 0.3) is 11.0 Å². The van der Waals surface area contributed by atoms with Gasteiger partial charge in [-0.1, -0.05) is 18.2 Å². The molecular weight excluding hydrogens is 312 g/mol. The van der Waals surface area contributed by atoms with Crippen LogP contribution in [0.1, 0.15) is 5.56 Å². The lowest BCUT2D eigenvalue weighted by Gasteiger charge is -2.37. The lowest BCUT2D eigenvalue weighted by molar-refractivity contribution is 0.278. The molecule has 3 heterocycles. The van der Waals surface area contributed by atoms with E-state index >= 15 is 0 Å². The van der Waals surface area contributed by atoms with Gasteiger partial charge in [-0.15, -0.1) is 0 Å². The van der Waals surface area contributed by atoms with E-state index in [0.29, 0.717) is 6.54 Å². The number of aryl methyl sites for hydroxylation is 1. The second kappa shape index (κ2) is 6.76. The van der Waals surface area contributed by atoms with E-state index in [1.165, 1.54) is 11.3 Å². The van der Waals surface area contributed by atoms with E-state index in [1.807, 2.05) is 10.8 Å². The third-order valence-electron chi connectivity index (χ3n) is 5.00.